The Kier molecular flexibility index (Phi) is 5.01. The van der Waals surface area contributed by atoms with Gasteiger partial charge in [0.2, 0.25) is 5.91 Å². The molecule has 3 N–H and O–H groups in total. The van der Waals surface area contributed by atoms with E-state index in [9.17, 15) is 9.59 Å². The van der Waals surface area contributed by atoms with Crippen LogP contribution in [0.15, 0.2) is 48.5 Å². The highest BCUT2D eigenvalue weighted by molar-refractivity contribution is 6.30. The molecule has 0 saturated carbocycles. The first-order valence-corrected chi connectivity index (χ1v) is 6.89. The number of amides is 2. The van der Waals surface area contributed by atoms with Gasteiger partial charge in [-0.15, -0.1) is 0 Å². The van der Waals surface area contributed by atoms with Crippen molar-refractivity contribution in [2.45, 2.75) is 6.04 Å². The van der Waals surface area contributed by atoms with Crippen molar-refractivity contribution in [1.82, 2.24) is 5.32 Å². The highest BCUT2D eigenvalue weighted by Gasteiger charge is 2.22. The Morgan fingerprint density at radius 2 is 1.86 bits per heavy atom. The average Bonchev–Trinajstić information content (AvgIpc) is 2.52. The second-order valence-electron chi connectivity index (χ2n) is 4.56. The molecule has 0 spiro atoms. The van der Waals surface area contributed by atoms with Crippen LogP contribution in [-0.2, 0) is 4.79 Å². The molecule has 0 bridgehead atoms. The van der Waals surface area contributed by atoms with E-state index in [1.807, 2.05) is 6.07 Å². The maximum absolute atomic E-state index is 12.4. The largest absolute Gasteiger partial charge is 0.496 e. The third-order valence-corrected chi connectivity index (χ3v) is 3.34. The molecule has 2 aromatic rings. The van der Waals surface area contributed by atoms with Gasteiger partial charge in [0.15, 0.2) is 0 Å². The lowest BCUT2D eigenvalue weighted by atomic mass is 10.1. The van der Waals surface area contributed by atoms with Gasteiger partial charge in [0.05, 0.1) is 12.7 Å². The van der Waals surface area contributed by atoms with Crippen molar-refractivity contribution < 1.29 is 14.3 Å². The van der Waals surface area contributed by atoms with Gasteiger partial charge in [-0.2, -0.15) is 0 Å². The van der Waals surface area contributed by atoms with Crippen LogP contribution in [0.25, 0.3) is 0 Å². The van der Waals surface area contributed by atoms with Crippen molar-refractivity contribution in [3.63, 3.8) is 0 Å². The normalized spacial score (nSPS) is 11.5. The minimum atomic E-state index is -0.922. The predicted molar refractivity (Wildman–Crippen MR) is 83.8 cm³/mol. The van der Waals surface area contributed by atoms with Crippen LogP contribution in [0.3, 0.4) is 0 Å². The van der Waals surface area contributed by atoms with Gasteiger partial charge >= 0.3 is 0 Å². The molecule has 2 rings (SSSR count). The van der Waals surface area contributed by atoms with Gasteiger partial charge in [-0.3, -0.25) is 9.59 Å². The Morgan fingerprint density at radius 3 is 2.45 bits per heavy atom. The van der Waals surface area contributed by atoms with E-state index < -0.39 is 17.9 Å². The van der Waals surface area contributed by atoms with Gasteiger partial charge in [0.25, 0.3) is 5.91 Å². The molecule has 0 aliphatic carbocycles. The van der Waals surface area contributed by atoms with Crippen molar-refractivity contribution in [3.8, 4) is 5.75 Å². The molecule has 0 saturated heterocycles. The number of benzene rings is 2. The standard InChI is InChI=1S/C16H15ClN2O3/c1-22-13-9-11(17)7-8-12(13)16(21)19-14(15(18)20)10-5-3-2-4-6-10/h2-9,14H,1H3,(H2,18,20)(H,19,21). The lowest BCUT2D eigenvalue weighted by molar-refractivity contribution is -0.120. The topological polar surface area (TPSA) is 81.4 Å². The van der Waals surface area contributed by atoms with E-state index in [0.29, 0.717) is 16.3 Å². The number of nitrogens with two attached hydrogens (primary N) is 1. The highest BCUT2D eigenvalue weighted by Crippen LogP contribution is 2.24. The summed E-state index contributed by atoms with van der Waals surface area (Å²) < 4.78 is 5.13. The van der Waals surface area contributed by atoms with E-state index in [4.69, 9.17) is 22.1 Å². The van der Waals surface area contributed by atoms with Crippen LogP contribution in [0.2, 0.25) is 5.02 Å². The minimum absolute atomic E-state index is 0.272. The summed E-state index contributed by atoms with van der Waals surface area (Å²) in [7, 11) is 1.44. The van der Waals surface area contributed by atoms with Crippen molar-refractivity contribution in [2.24, 2.45) is 5.73 Å². The smallest absolute Gasteiger partial charge is 0.255 e. The van der Waals surface area contributed by atoms with Crippen LogP contribution in [0.5, 0.6) is 5.75 Å². The number of halogens is 1. The zero-order valence-electron chi connectivity index (χ0n) is 11.9. The number of nitrogens with one attached hydrogen (secondary N) is 1. The summed E-state index contributed by atoms with van der Waals surface area (Å²) in [6, 6.07) is 12.5. The SMILES string of the molecule is COc1cc(Cl)ccc1C(=O)NC(C(N)=O)c1ccccc1. The van der Waals surface area contributed by atoms with Gasteiger partial charge in [-0.1, -0.05) is 41.9 Å². The zero-order valence-corrected chi connectivity index (χ0v) is 12.6. The monoisotopic (exact) mass is 318 g/mol. The molecule has 2 amide bonds. The summed E-state index contributed by atoms with van der Waals surface area (Å²) in [5, 5.41) is 3.05. The molecule has 0 aliphatic heterocycles. The molecule has 114 valence electrons. The first-order valence-electron chi connectivity index (χ1n) is 6.51. The van der Waals surface area contributed by atoms with Gasteiger partial charge in [0.1, 0.15) is 11.8 Å². The second kappa shape index (κ2) is 6.95. The summed E-state index contributed by atoms with van der Waals surface area (Å²) >= 11 is 5.87. The lowest BCUT2D eigenvalue weighted by Crippen LogP contribution is -2.37. The number of hydrogen-bond donors (Lipinski definition) is 2. The van der Waals surface area contributed by atoms with Gasteiger partial charge < -0.3 is 15.8 Å². The van der Waals surface area contributed by atoms with E-state index in [-0.39, 0.29) is 5.56 Å². The van der Waals surface area contributed by atoms with Crippen LogP contribution in [-0.4, -0.2) is 18.9 Å². The third kappa shape index (κ3) is 3.56. The fourth-order valence-electron chi connectivity index (χ4n) is 2.03. The fourth-order valence-corrected chi connectivity index (χ4v) is 2.19. The number of hydrogen-bond acceptors (Lipinski definition) is 3. The van der Waals surface area contributed by atoms with Gasteiger partial charge in [-0.05, 0) is 23.8 Å². The Balaban J connectivity index is 2.28. The Labute approximate surface area is 133 Å². The fraction of sp³-hybridized carbons (Fsp3) is 0.125. The summed E-state index contributed by atoms with van der Waals surface area (Å²) in [6.45, 7) is 0. The maximum Gasteiger partial charge on any atom is 0.255 e. The number of ether oxygens (including phenoxy) is 1. The van der Waals surface area contributed by atoms with Crippen molar-refractivity contribution in [3.05, 3.63) is 64.7 Å². The molecule has 0 heterocycles. The van der Waals surface area contributed by atoms with Crippen LogP contribution in [0.1, 0.15) is 22.0 Å². The molecule has 0 aliphatic rings. The summed E-state index contributed by atoms with van der Waals surface area (Å²) in [4.78, 5) is 24.0. The molecule has 0 radical (unpaired) electrons. The summed E-state index contributed by atoms with van der Waals surface area (Å²) in [6.07, 6.45) is 0. The molecular weight excluding hydrogens is 304 g/mol. The van der Waals surface area contributed by atoms with Crippen molar-refractivity contribution in [1.29, 1.82) is 0 Å². The average molecular weight is 319 g/mol. The molecule has 1 atom stereocenters. The zero-order chi connectivity index (χ0) is 16.1. The molecule has 2 aromatic carbocycles. The first-order chi connectivity index (χ1) is 10.5. The van der Waals surface area contributed by atoms with Crippen LogP contribution < -0.4 is 15.8 Å². The summed E-state index contributed by atoms with van der Waals surface area (Å²) in [5.74, 6) is -0.796. The molecule has 5 nitrogen and oxygen atoms in total. The van der Waals surface area contributed by atoms with Crippen LogP contribution in [0.4, 0.5) is 0 Å². The molecular formula is C16H15ClN2O3. The van der Waals surface area contributed by atoms with Crippen LogP contribution >= 0.6 is 11.6 Å². The molecule has 6 heteroatoms. The van der Waals surface area contributed by atoms with E-state index in [2.05, 4.69) is 5.32 Å². The number of rotatable bonds is 5. The highest BCUT2D eigenvalue weighted by atomic mass is 35.5. The maximum atomic E-state index is 12.4. The molecule has 0 fully saturated rings. The van der Waals surface area contributed by atoms with E-state index in [0.717, 1.165) is 0 Å². The Morgan fingerprint density at radius 1 is 1.18 bits per heavy atom. The van der Waals surface area contributed by atoms with E-state index in [1.54, 1.807) is 30.3 Å². The molecule has 22 heavy (non-hydrogen) atoms. The van der Waals surface area contributed by atoms with E-state index >= 15 is 0 Å². The number of primary amides is 1. The first kappa shape index (κ1) is 15.9. The molecule has 0 aromatic heterocycles. The third-order valence-electron chi connectivity index (χ3n) is 3.10. The second-order valence-corrected chi connectivity index (χ2v) is 5.00. The van der Waals surface area contributed by atoms with Gasteiger partial charge in [-0.25, -0.2) is 0 Å². The minimum Gasteiger partial charge on any atom is -0.496 e. The van der Waals surface area contributed by atoms with Crippen molar-refractivity contribution in [2.75, 3.05) is 7.11 Å². The number of carbonyl (C=O) groups excluding carboxylic acids is 2. The Hall–Kier alpha value is -2.53. The predicted octanol–water partition coefficient (Wildman–Crippen LogP) is 2.31. The lowest BCUT2D eigenvalue weighted by Gasteiger charge is -2.17. The quantitative estimate of drug-likeness (QED) is 0.887. The van der Waals surface area contributed by atoms with Gasteiger partial charge in [0, 0.05) is 5.02 Å². The number of methoxy groups -OCH3 is 1. The molecule has 1 unspecified atom stereocenters. The van der Waals surface area contributed by atoms with Crippen LogP contribution in [0, 0.1) is 0 Å². The van der Waals surface area contributed by atoms with E-state index in [1.165, 1.54) is 19.2 Å². The number of carbonyl (C=O) groups is 2. The summed E-state index contributed by atoms with van der Waals surface area (Å²) in [5.41, 5.74) is 6.26. The van der Waals surface area contributed by atoms with Crippen molar-refractivity contribution >= 4 is 23.4 Å². The Bertz CT molecular complexity index is 689.